The summed E-state index contributed by atoms with van der Waals surface area (Å²) in [6, 6.07) is 1.91. The van der Waals surface area contributed by atoms with E-state index in [4.69, 9.17) is 9.90 Å². The average Bonchev–Trinajstić information content (AvgIpc) is 2.70. The van der Waals surface area contributed by atoms with Crippen molar-refractivity contribution in [3.8, 4) is 0 Å². The molecule has 4 nitrogen and oxygen atoms in total. The standard InChI is InChI=1S/C12H15NOS.C2H3O2.Li/c1-4-5-9-6-10(11(7-14)15-9)12(13)8(2)3;1-2(3)4;/h6,8H,4-5H2,1-3H3;1H2,(H,3,4);/q-2;-1;+1. The molecule has 0 aromatic carbocycles. The first-order valence-electron chi connectivity index (χ1n) is 5.95. The van der Waals surface area contributed by atoms with E-state index in [0.717, 1.165) is 17.7 Å². The van der Waals surface area contributed by atoms with Gasteiger partial charge in [0.25, 0.3) is 0 Å². The largest absolute Gasteiger partial charge is 1.00 e. The average molecular weight is 287 g/mol. The molecule has 6 heteroatoms. The zero-order chi connectivity index (χ0) is 15.0. The van der Waals surface area contributed by atoms with Crippen molar-refractivity contribution in [3.05, 3.63) is 33.7 Å². The molecule has 0 spiro atoms. The number of carboxylic acid groups (broad SMARTS) is 1. The Balaban J connectivity index is 0. The van der Waals surface area contributed by atoms with Gasteiger partial charge in [-0.3, -0.25) is 17.4 Å². The van der Waals surface area contributed by atoms with Crippen molar-refractivity contribution in [2.45, 2.75) is 33.6 Å². The van der Waals surface area contributed by atoms with E-state index in [2.05, 4.69) is 13.8 Å². The summed E-state index contributed by atoms with van der Waals surface area (Å²) < 4.78 is 0. The van der Waals surface area contributed by atoms with E-state index in [1.165, 1.54) is 11.3 Å². The normalized spacial score (nSPS) is 9.20. The van der Waals surface area contributed by atoms with E-state index in [1.807, 2.05) is 26.2 Å². The fourth-order valence-corrected chi connectivity index (χ4v) is 2.45. The van der Waals surface area contributed by atoms with Gasteiger partial charge in [-0.15, -0.1) is 6.07 Å². The third-order valence-electron chi connectivity index (χ3n) is 2.20. The summed E-state index contributed by atoms with van der Waals surface area (Å²) in [5.74, 6) is -1.04. The first-order valence-corrected chi connectivity index (χ1v) is 6.77. The molecule has 0 aliphatic rings. The Morgan fingerprint density at radius 1 is 1.55 bits per heavy atom. The molecule has 1 aromatic rings. The minimum Gasteiger partial charge on any atom is -0.823 e. The van der Waals surface area contributed by atoms with Crippen LogP contribution in [0.5, 0.6) is 0 Å². The van der Waals surface area contributed by atoms with Crippen LogP contribution < -0.4 is 18.9 Å². The van der Waals surface area contributed by atoms with Crippen LogP contribution in [0.2, 0.25) is 0 Å². The number of aliphatic carboxylic acids is 1. The van der Waals surface area contributed by atoms with Crippen molar-refractivity contribution in [3.63, 3.8) is 0 Å². The Hall–Kier alpha value is -1.02. The van der Waals surface area contributed by atoms with Crippen molar-refractivity contribution in [2.75, 3.05) is 0 Å². The zero-order valence-electron chi connectivity index (χ0n) is 12.4. The first-order chi connectivity index (χ1) is 8.83. The number of hydrogen-bond acceptors (Lipinski definition) is 3. The van der Waals surface area contributed by atoms with Gasteiger partial charge < -0.3 is 15.3 Å². The molecule has 0 unspecified atom stereocenters. The Kier molecular flexibility index (Phi) is 11.4. The van der Waals surface area contributed by atoms with E-state index in [1.54, 1.807) is 0 Å². The van der Waals surface area contributed by atoms with Crippen molar-refractivity contribution >= 4 is 29.3 Å². The van der Waals surface area contributed by atoms with Gasteiger partial charge in [-0.2, -0.15) is 16.9 Å². The van der Waals surface area contributed by atoms with E-state index < -0.39 is 5.97 Å². The summed E-state index contributed by atoms with van der Waals surface area (Å²) in [6.45, 7) is 8.46. The molecule has 0 fully saturated rings. The zero-order valence-corrected chi connectivity index (χ0v) is 13.2. The van der Waals surface area contributed by atoms with Crippen LogP contribution >= 0.6 is 11.3 Å². The molecule has 0 saturated carbocycles. The molecule has 0 atom stereocenters. The van der Waals surface area contributed by atoms with Gasteiger partial charge in [0.15, 0.2) is 5.97 Å². The van der Waals surface area contributed by atoms with E-state index in [-0.39, 0.29) is 30.5 Å². The Morgan fingerprint density at radius 3 is 2.40 bits per heavy atom. The minimum absolute atomic E-state index is 0. The maximum atomic E-state index is 10.7. The summed E-state index contributed by atoms with van der Waals surface area (Å²) in [7, 11) is 0. The summed E-state index contributed by atoms with van der Waals surface area (Å²) in [6.07, 6.45) is 3.89. The number of carboxylic acids is 1. The summed E-state index contributed by atoms with van der Waals surface area (Å²) >= 11 is 1.43. The van der Waals surface area contributed by atoms with Crippen LogP contribution in [0.15, 0.2) is 6.07 Å². The quantitative estimate of drug-likeness (QED) is 0.473. The summed E-state index contributed by atoms with van der Waals surface area (Å²) in [4.78, 5) is 21.3. The predicted molar refractivity (Wildman–Crippen MR) is 78.4 cm³/mol. The third-order valence-corrected chi connectivity index (χ3v) is 3.29. The van der Waals surface area contributed by atoms with E-state index in [9.17, 15) is 10.2 Å². The Labute approximate surface area is 136 Å². The fourth-order valence-electron chi connectivity index (χ4n) is 1.39. The second kappa shape index (κ2) is 10.7. The number of aryl methyl sites for hydroxylation is 1. The van der Waals surface area contributed by atoms with Crippen LogP contribution in [-0.4, -0.2) is 23.1 Å². The molecule has 0 amide bonds. The Morgan fingerprint density at radius 2 is 2.05 bits per heavy atom. The second-order valence-corrected chi connectivity index (χ2v) is 5.38. The third kappa shape index (κ3) is 7.54. The second-order valence-electron chi connectivity index (χ2n) is 4.24. The van der Waals surface area contributed by atoms with Gasteiger partial charge in [-0.1, -0.05) is 38.0 Å². The van der Waals surface area contributed by atoms with Crippen LogP contribution in [-0.2, 0) is 16.0 Å². The molecule has 0 radical (unpaired) electrons. The van der Waals surface area contributed by atoms with Crippen LogP contribution in [0.1, 0.15) is 42.5 Å². The van der Waals surface area contributed by atoms with Gasteiger partial charge in [0.05, 0.1) is 0 Å². The Bertz CT molecular complexity index is 451. The number of nitrogens with zero attached hydrogens (tertiary/aromatic N) is 1. The summed E-state index contributed by atoms with van der Waals surface area (Å²) in [5, 5.41) is 17.1. The van der Waals surface area contributed by atoms with Crippen molar-refractivity contribution in [1.29, 1.82) is 0 Å². The van der Waals surface area contributed by atoms with Gasteiger partial charge in [0.1, 0.15) is 0 Å². The van der Waals surface area contributed by atoms with Crippen LogP contribution in [0.4, 0.5) is 0 Å². The molecule has 1 rings (SSSR count). The van der Waals surface area contributed by atoms with E-state index in [0.29, 0.717) is 10.4 Å². The molecule has 20 heavy (non-hydrogen) atoms. The van der Waals surface area contributed by atoms with Crippen molar-refractivity contribution < 1.29 is 33.6 Å². The molecule has 0 aliphatic carbocycles. The van der Waals surface area contributed by atoms with Gasteiger partial charge in [-0.05, 0) is 11.3 Å². The first kappa shape index (κ1) is 21.3. The van der Waals surface area contributed by atoms with Gasteiger partial charge in [0, 0.05) is 6.29 Å². The molecule has 1 heterocycles. The number of carbonyl (C=O) groups is 1. The van der Waals surface area contributed by atoms with Gasteiger partial charge in [-0.25, -0.2) is 0 Å². The molecule has 0 aliphatic heterocycles. The maximum absolute atomic E-state index is 10.7. The topological polar surface area (TPSA) is 76.7 Å². The molecule has 1 N–H and O–H groups in total. The van der Waals surface area contributed by atoms with Crippen molar-refractivity contribution in [2.24, 2.45) is 5.92 Å². The smallest absolute Gasteiger partial charge is 0.823 e. The molecular weight excluding hydrogens is 269 g/mol. The molecule has 106 valence electrons. The monoisotopic (exact) mass is 287 g/mol. The van der Waals surface area contributed by atoms with Crippen molar-refractivity contribution in [1.82, 2.24) is 0 Å². The molecule has 1 aromatic heterocycles. The number of thiophene rings is 1. The minimum atomic E-state index is -1.08. The SMILES string of the molecule is CCCc1cc(C(=[N-])C(C)C)c([C-]=O)s1.[CH2-]C(=O)O.[Li+]. The van der Waals surface area contributed by atoms with Crippen LogP contribution in [0.25, 0.3) is 5.41 Å². The van der Waals surface area contributed by atoms with Gasteiger partial charge in [0.2, 0.25) is 0 Å². The molecular formula is C14H18LiNO3S-2. The fraction of sp³-hybridized carbons (Fsp3) is 0.429. The number of rotatable bonds is 5. The maximum Gasteiger partial charge on any atom is 1.00 e. The predicted octanol–water partition coefficient (Wildman–Crippen LogP) is 0.0820. The number of hydrogen-bond donors (Lipinski definition) is 1. The molecule has 0 bridgehead atoms. The van der Waals surface area contributed by atoms with Crippen LogP contribution in [0, 0.1) is 12.8 Å². The van der Waals surface area contributed by atoms with Gasteiger partial charge >= 0.3 is 18.9 Å². The van der Waals surface area contributed by atoms with Crippen LogP contribution in [0.3, 0.4) is 0 Å². The molecule has 0 saturated heterocycles. The number of carbonyl (C=O) groups excluding carboxylic acids is 1. The summed E-state index contributed by atoms with van der Waals surface area (Å²) in [5.41, 5.74) is 0.945. The van der Waals surface area contributed by atoms with E-state index >= 15 is 0 Å².